The highest BCUT2D eigenvalue weighted by Crippen LogP contribution is 2.31. The molecule has 1 N–H and O–H groups in total. The van der Waals surface area contributed by atoms with E-state index in [2.05, 4.69) is 23.2 Å². The van der Waals surface area contributed by atoms with Gasteiger partial charge in [-0.1, -0.05) is 17.7 Å². The molecule has 2 aliphatic rings. The Labute approximate surface area is 187 Å². The third-order valence-electron chi connectivity index (χ3n) is 6.08. The van der Waals surface area contributed by atoms with Gasteiger partial charge in [0.1, 0.15) is 5.82 Å². The first-order chi connectivity index (χ1) is 14.8. The number of carbonyl (C=O) groups is 1. The zero-order valence-corrected chi connectivity index (χ0v) is 18.8. The van der Waals surface area contributed by atoms with Crippen molar-refractivity contribution in [1.82, 2.24) is 4.31 Å². The lowest BCUT2D eigenvalue weighted by Crippen LogP contribution is -2.41. The average molecular weight is 466 g/mol. The van der Waals surface area contributed by atoms with Gasteiger partial charge in [-0.25, -0.2) is 12.8 Å². The van der Waals surface area contributed by atoms with Gasteiger partial charge >= 0.3 is 0 Å². The van der Waals surface area contributed by atoms with Gasteiger partial charge in [-0.05, 0) is 62.1 Å². The monoisotopic (exact) mass is 465 g/mol. The summed E-state index contributed by atoms with van der Waals surface area (Å²) in [6.07, 6.45) is 1.86. The van der Waals surface area contributed by atoms with Gasteiger partial charge < -0.3 is 10.2 Å². The Morgan fingerprint density at radius 2 is 1.90 bits per heavy atom. The molecule has 0 radical (unpaired) electrons. The Bertz CT molecular complexity index is 1100. The molecule has 0 saturated carbocycles. The van der Waals surface area contributed by atoms with Gasteiger partial charge in [0, 0.05) is 43.5 Å². The molecule has 0 bridgehead atoms. The molecule has 31 heavy (non-hydrogen) atoms. The number of nitrogens with one attached hydrogen (secondary N) is 1. The standard InChI is InChI=1S/C22H25ClFN3O3S/c1-2-26-10-7-15-3-4-17(13-21(15)26)25-22(28)16-8-11-27(12-9-16)31(29,30)18-5-6-20(24)19(23)14-18/h3-6,13-14,16H,2,7-12H2,1H3,(H,25,28). The average Bonchev–Trinajstić information content (AvgIpc) is 3.18. The molecule has 9 heteroatoms. The number of hydrogen-bond acceptors (Lipinski definition) is 4. The first-order valence-corrected chi connectivity index (χ1v) is 12.3. The summed E-state index contributed by atoms with van der Waals surface area (Å²) in [5.41, 5.74) is 3.22. The van der Waals surface area contributed by atoms with Crippen molar-refractivity contribution in [2.45, 2.75) is 31.1 Å². The predicted molar refractivity (Wildman–Crippen MR) is 120 cm³/mol. The zero-order chi connectivity index (χ0) is 22.2. The van der Waals surface area contributed by atoms with Crippen LogP contribution in [-0.2, 0) is 21.2 Å². The highest BCUT2D eigenvalue weighted by molar-refractivity contribution is 7.89. The molecule has 1 amide bonds. The van der Waals surface area contributed by atoms with E-state index in [1.807, 2.05) is 12.1 Å². The third-order valence-corrected chi connectivity index (χ3v) is 8.26. The van der Waals surface area contributed by atoms with E-state index < -0.39 is 15.8 Å². The third kappa shape index (κ3) is 4.42. The number of carbonyl (C=O) groups excluding carboxylic acids is 1. The Morgan fingerprint density at radius 1 is 1.16 bits per heavy atom. The molecule has 4 rings (SSSR count). The number of rotatable bonds is 5. The molecule has 2 aliphatic heterocycles. The smallest absolute Gasteiger partial charge is 0.243 e. The van der Waals surface area contributed by atoms with Crippen molar-refractivity contribution in [3.05, 3.63) is 52.8 Å². The molecular weight excluding hydrogens is 441 g/mol. The lowest BCUT2D eigenvalue weighted by atomic mass is 9.97. The fourth-order valence-electron chi connectivity index (χ4n) is 4.24. The number of anilines is 2. The van der Waals surface area contributed by atoms with Crippen LogP contribution in [0.4, 0.5) is 15.8 Å². The van der Waals surface area contributed by atoms with E-state index in [-0.39, 0.29) is 34.8 Å². The van der Waals surface area contributed by atoms with Gasteiger partial charge in [-0.2, -0.15) is 4.31 Å². The molecule has 166 valence electrons. The number of benzene rings is 2. The molecule has 0 aromatic heterocycles. The molecule has 2 aromatic carbocycles. The number of halogens is 2. The van der Waals surface area contributed by atoms with E-state index in [0.717, 1.165) is 37.3 Å². The summed E-state index contributed by atoms with van der Waals surface area (Å²) in [6.45, 7) is 4.49. The fraction of sp³-hybridized carbons (Fsp3) is 0.409. The molecule has 2 heterocycles. The van der Waals surface area contributed by atoms with Crippen molar-refractivity contribution in [2.24, 2.45) is 5.92 Å². The van der Waals surface area contributed by atoms with Crippen LogP contribution in [0, 0.1) is 11.7 Å². The summed E-state index contributed by atoms with van der Waals surface area (Å²) >= 11 is 5.74. The van der Waals surface area contributed by atoms with Crippen molar-refractivity contribution < 1.29 is 17.6 Å². The van der Waals surface area contributed by atoms with Gasteiger partial charge in [-0.3, -0.25) is 4.79 Å². The van der Waals surface area contributed by atoms with Gasteiger partial charge in [0.05, 0.1) is 9.92 Å². The maximum Gasteiger partial charge on any atom is 0.243 e. The van der Waals surface area contributed by atoms with Crippen LogP contribution in [0.5, 0.6) is 0 Å². The van der Waals surface area contributed by atoms with E-state index in [0.29, 0.717) is 12.8 Å². The largest absolute Gasteiger partial charge is 0.371 e. The molecule has 1 fully saturated rings. The van der Waals surface area contributed by atoms with E-state index in [1.165, 1.54) is 21.6 Å². The topological polar surface area (TPSA) is 69.7 Å². The van der Waals surface area contributed by atoms with Crippen LogP contribution in [0.2, 0.25) is 5.02 Å². The number of hydrogen-bond donors (Lipinski definition) is 1. The maximum atomic E-state index is 13.4. The van der Waals surface area contributed by atoms with Crippen molar-refractivity contribution in [1.29, 1.82) is 0 Å². The van der Waals surface area contributed by atoms with Crippen LogP contribution in [-0.4, -0.2) is 44.8 Å². The quantitative estimate of drug-likeness (QED) is 0.727. The first-order valence-electron chi connectivity index (χ1n) is 10.4. The Morgan fingerprint density at radius 3 is 2.58 bits per heavy atom. The Kier molecular flexibility index (Phi) is 6.23. The van der Waals surface area contributed by atoms with Gasteiger partial charge in [0.15, 0.2) is 0 Å². The van der Waals surface area contributed by atoms with E-state index in [4.69, 9.17) is 11.6 Å². The summed E-state index contributed by atoms with van der Waals surface area (Å²) in [4.78, 5) is 15.0. The minimum absolute atomic E-state index is 0.0413. The number of fused-ring (bicyclic) bond motifs is 1. The van der Waals surface area contributed by atoms with Crippen LogP contribution in [0.1, 0.15) is 25.3 Å². The van der Waals surface area contributed by atoms with Crippen LogP contribution < -0.4 is 10.2 Å². The van der Waals surface area contributed by atoms with Crippen molar-refractivity contribution in [2.75, 3.05) is 36.4 Å². The Balaban J connectivity index is 1.38. The number of sulfonamides is 1. The summed E-state index contributed by atoms with van der Waals surface area (Å²) < 4.78 is 40.4. The van der Waals surface area contributed by atoms with Crippen molar-refractivity contribution in [3.63, 3.8) is 0 Å². The van der Waals surface area contributed by atoms with E-state index >= 15 is 0 Å². The highest BCUT2D eigenvalue weighted by Gasteiger charge is 2.32. The molecule has 0 spiro atoms. The molecule has 1 saturated heterocycles. The fourth-order valence-corrected chi connectivity index (χ4v) is 5.98. The number of likely N-dealkylation sites (N-methyl/N-ethyl adjacent to an activating group) is 1. The molecular formula is C22H25ClFN3O3S. The van der Waals surface area contributed by atoms with Gasteiger partial charge in [0.2, 0.25) is 15.9 Å². The van der Waals surface area contributed by atoms with Gasteiger partial charge in [0.25, 0.3) is 0 Å². The summed E-state index contributed by atoms with van der Waals surface area (Å²) in [6, 6.07) is 9.38. The highest BCUT2D eigenvalue weighted by atomic mass is 35.5. The van der Waals surface area contributed by atoms with Crippen LogP contribution >= 0.6 is 11.6 Å². The van der Waals surface area contributed by atoms with Gasteiger partial charge in [-0.15, -0.1) is 0 Å². The van der Waals surface area contributed by atoms with E-state index in [1.54, 1.807) is 0 Å². The number of nitrogens with zero attached hydrogens (tertiary/aromatic N) is 2. The molecule has 2 aromatic rings. The molecule has 0 aliphatic carbocycles. The molecule has 0 atom stereocenters. The van der Waals surface area contributed by atoms with Crippen LogP contribution in [0.15, 0.2) is 41.3 Å². The van der Waals surface area contributed by atoms with Crippen molar-refractivity contribution in [3.8, 4) is 0 Å². The zero-order valence-electron chi connectivity index (χ0n) is 17.3. The lowest BCUT2D eigenvalue weighted by Gasteiger charge is -2.30. The molecule has 6 nitrogen and oxygen atoms in total. The second-order valence-corrected chi connectivity index (χ2v) is 10.3. The number of piperidine rings is 1. The Hall–Kier alpha value is -2.16. The second-order valence-electron chi connectivity index (χ2n) is 7.92. The predicted octanol–water partition coefficient (Wildman–Crippen LogP) is 3.90. The van der Waals surface area contributed by atoms with Crippen LogP contribution in [0.25, 0.3) is 0 Å². The van der Waals surface area contributed by atoms with Crippen molar-refractivity contribution >= 4 is 38.9 Å². The summed E-state index contributed by atoms with van der Waals surface area (Å²) in [5, 5.41) is 2.76. The molecule has 0 unspecified atom stereocenters. The maximum absolute atomic E-state index is 13.4. The normalized spacial score (nSPS) is 17.6. The SMILES string of the molecule is CCN1CCc2ccc(NC(=O)C3CCN(S(=O)(=O)c4ccc(F)c(Cl)c4)CC3)cc21. The second kappa shape index (κ2) is 8.76. The number of amides is 1. The van der Waals surface area contributed by atoms with Crippen LogP contribution in [0.3, 0.4) is 0 Å². The minimum atomic E-state index is -3.78. The summed E-state index contributed by atoms with van der Waals surface area (Å²) in [7, 11) is -3.78. The minimum Gasteiger partial charge on any atom is -0.371 e. The summed E-state index contributed by atoms with van der Waals surface area (Å²) in [5.74, 6) is -1.02. The first kappa shape index (κ1) is 22.0. The van der Waals surface area contributed by atoms with E-state index in [9.17, 15) is 17.6 Å². The lowest BCUT2D eigenvalue weighted by molar-refractivity contribution is -0.120.